The summed E-state index contributed by atoms with van der Waals surface area (Å²) < 4.78 is 9.70. The fraction of sp³-hybridized carbons (Fsp3) is 0.400. The van der Waals surface area contributed by atoms with Crippen LogP contribution in [0, 0.1) is 6.92 Å². The van der Waals surface area contributed by atoms with E-state index < -0.39 is 11.9 Å². The predicted molar refractivity (Wildman–Crippen MR) is 83.6 cm³/mol. The molecule has 7 heteroatoms. The molecule has 0 atom stereocenters. The van der Waals surface area contributed by atoms with Crippen LogP contribution in [0.5, 0.6) is 0 Å². The number of hydrogen-bond acceptors (Lipinski definition) is 6. The van der Waals surface area contributed by atoms with Crippen LogP contribution in [0.1, 0.15) is 52.3 Å². The number of ether oxygens (including phenoxy) is 1. The standard InChI is InChI=1S/C15H18N2O4S/c1-8-6-10(21-17-8)12(18)16-13-9(14(19)20-5)7-11(22-13)15(2,3)4/h6-7H,1-5H3,(H,16,18). The maximum Gasteiger partial charge on any atom is 0.340 e. The smallest absolute Gasteiger partial charge is 0.340 e. The zero-order valence-electron chi connectivity index (χ0n) is 13.1. The molecule has 0 radical (unpaired) electrons. The molecule has 1 amide bonds. The first-order valence-electron chi connectivity index (χ1n) is 6.69. The van der Waals surface area contributed by atoms with E-state index in [4.69, 9.17) is 9.26 Å². The Morgan fingerprint density at radius 2 is 2.00 bits per heavy atom. The predicted octanol–water partition coefficient (Wildman–Crippen LogP) is 3.38. The maximum absolute atomic E-state index is 12.2. The second kappa shape index (κ2) is 5.92. The van der Waals surface area contributed by atoms with Gasteiger partial charge in [0.15, 0.2) is 0 Å². The van der Waals surface area contributed by atoms with Crippen LogP contribution < -0.4 is 5.32 Å². The second-order valence-electron chi connectivity index (χ2n) is 5.88. The fourth-order valence-corrected chi connectivity index (χ4v) is 2.85. The summed E-state index contributed by atoms with van der Waals surface area (Å²) in [6.07, 6.45) is 0. The van der Waals surface area contributed by atoms with Gasteiger partial charge in [0.2, 0.25) is 5.76 Å². The molecule has 0 aliphatic heterocycles. The molecule has 2 aromatic heterocycles. The van der Waals surface area contributed by atoms with Crippen LogP contribution in [-0.4, -0.2) is 24.1 Å². The molecule has 0 aliphatic carbocycles. The molecule has 0 saturated heterocycles. The number of carbonyl (C=O) groups is 2. The van der Waals surface area contributed by atoms with E-state index in [9.17, 15) is 9.59 Å². The Bertz CT molecular complexity index is 709. The van der Waals surface area contributed by atoms with Crippen LogP contribution in [0.15, 0.2) is 16.7 Å². The summed E-state index contributed by atoms with van der Waals surface area (Å²) in [5.74, 6) is -0.845. The topological polar surface area (TPSA) is 81.4 Å². The van der Waals surface area contributed by atoms with Crippen molar-refractivity contribution in [3.05, 3.63) is 34.0 Å². The maximum atomic E-state index is 12.2. The average Bonchev–Trinajstić information content (AvgIpc) is 3.04. The first kappa shape index (κ1) is 16.2. The highest BCUT2D eigenvalue weighted by Crippen LogP contribution is 2.36. The first-order valence-corrected chi connectivity index (χ1v) is 7.51. The van der Waals surface area contributed by atoms with Crippen molar-refractivity contribution in [1.82, 2.24) is 5.16 Å². The van der Waals surface area contributed by atoms with Gasteiger partial charge < -0.3 is 14.6 Å². The Morgan fingerprint density at radius 1 is 1.32 bits per heavy atom. The lowest BCUT2D eigenvalue weighted by molar-refractivity contribution is 0.0602. The zero-order chi connectivity index (χ0) is 16.5. The minimum Gasteiger partial charge on any atom is -0.465 e. The summed E-state index contributed by atoms with van der Waals surface area (Å²) in [7, 11) is 1.31. The highest BCUT2D eigenvalue weighted by molar-refractivity contribution is 7.16. The van der Waals surface area contributed by atoms with E-state index in [1.807, 2.05) is 20.8 Å². The number of thiophene rings is 1. The highest BCUT2D eigenvalue weighted by Gasteiger charge is 2.25. The van der Waals surface area contributed by atoms with E-state index in [1.165, 1.54) is 24.5 Å². The van der Waals surface area contributed by atoms with Crippen LogP contribution in [0.3, 0.4) is 0 Å². The number of rotatable bonds is 3. The Labute approximate surface area is 132 Å². The van der Waals surface area contributed by atoms with Crippen LogP contribution in [0.2, 0.25) is 0 Å². The third kappa shape index (κ3) is 3.36. The van der Waals surface area contributed by atoms with Gasteiger partial charge in [0.25, 0.3) is 5.91 Å². The second-order valence-corrected chi connectivity index (χ2v) is 6.93. The quantitative estimate of drug-likeness (QED) is 0.876. The van der Waals surface area contributed by atoms with Gasteiger partial charge in [-0.25, -0.2) is 4.79 Å². The summed E-state index contributed by atoms with van der Waals surface area (Å²) >= 11 is 1.35. The minimum absolute atomic E-state index is 0.0963. The number of methoxy groups -OCH3 is 1. The molecule has 0 aliphatic rings. The van der Waals surface area contributed by atoms with Gasteiger partial charge in [-0.3, -0.25) is 4.79 Å². The van der Waals surface area contributed by atoms with Gasteiger partial charge in [-0.05, 0) is 18.4 Å². The van der Waals surface area contributed by atoms with Crippen molar-refractivity contribution in [2.24, 2.45) is 0 Å². The first-order chi connectivity index (χ1) is 10.2. The number of aryl methyl sites for hydroxylation is 1. The van der Waals surface area contributed by atoms with E-state index >= 15 is 0 Å². The number of amides is 1. The molecule has 1 N–H and O–H groups in total. The van der Waals surface area contributed by atoms with E-state index in [0.29, 0.717) is 16.3 Å². The van der Waals surface area contributed by atoms with Crippen molar-refractivity contribution in [3.63, 3.8) is 0 Å². The molecule has 0 saturated carbocycles. The van der Waals surface area contributed by atoms with E-state index in [2.05, 4.69) is 10.5 Å². The van der Waals surface area contributed by atoms with Crippen LogP contribution in [-0.2, 0) is 10.2 Å². The molecule has 0 unspecified atom stereocenters. The molecule has 118 valence electrons. The van der Waals surface area contributed by atoms with Gasteiger partial charge in [-0.15, -0.1) is 11.3 Å². The molecule has 2 rings (SSSR count). The molecule has 2 aromatic rings. The van der Waals surface area contributed by atoms with Crippen molar-refractivity contribution in [3.8, 4) is 0 Å². The number of nitrogens with one attached hydrogen (secondary N) is 1. The van der Waals surface area contributed by atoms with Crippen molar-refractivity contribution in [2.45, 2.75) is 33.1 Å². The lowest BCUT2D eigenvalue weighted by Gasteiger charge is -2.15. The normalized spacial score (nSPS) is 11.3. The fourth-order valence-electron chi connectivity index (χ4n) is 1.75. The highest BCUT2D eigenvalue weighted by atomic mass is 32.1. The molecule has 0 bridgehead atoms. The monoisotopic (exact) mass is 322 g/mol. The SMILES string of the molecule is COC(=O)c1cc(C(C)(C)C)sc1NC(=O)c1cc(C)no1. The lowest BCUT2D eigenvalue weighted by atomic mass is 9.94. The Balaban J connectivity index is 2.34. The van der Waals surface area contributed by atoms with Crippen LogP contribution in [0.4, 0.5) is 5.00 Å². The van der Waals surface area contributed by atoms with Gasteiger partial charge >= 0.3 is 5.97 Å². The van der Waals surface area contributed by atoms with Gasteiger partial charge in [0.05, 0.1) is 18.4 Å². The number of nitrogens with zero attached hydrogens (tertiary/aromatic N) is 1. The van der Waals surface area contributed by atoms with Crippen LogP contribution >= 0.6 is 11.3 Å². The molecular formula is C15H18N2O4S. The number of aromatic nitrogens is 1. The van der Waals surface area contributed by atoms with Crippen molar-refractivity contribution in [2.75, 3.05) is 12.4 Å². The number of hydrogen-bond donors (Lipinski definition) is 1. The Hall–Kier alpha value is -2.15. The van der Waals surface area contributed by atoms with Crippen molar-refractivity contribution >= 4 is 28.2 Å². The lowest BCUT2D eigenvalue weighted by Crippen LogP contribution is -2.13. The largest absolute Gasteiger partial charge is 0.465 e. The van der Waals surface area contributed by atoms with Crippen LogP contribution in [0.25, 0.3) is 0 Å². The summed E-state index contributed by atoms with van der Waals surface area (Å²) in [5, 5.41) is 6.81. The summed E-state index contributed by atoms with van der Waals surface area (Å²) in [4.78, 5) is 25.0. The van der Waals surface area contributed by atoms with Crippen molar-refractivity contribution in [1.29, 1.82) is 0 Å². The molecular weight excluding hydrogens is 304 g/mol. The zero-order valence-corrected chi connectivity index (χ0v) is 14.0. The molecule has 0 aromatic carbocycles. The third-order valence-corrected chi connectivity index (χ3v) is 4.43. The number of anilines is 1. The molecule has 0 spiro atoms. The Morgan fingerprint density at radius 3 is 2.50 bits per heavy atom. The number of esters is 1. The summed E-state index contributed by atoms with van der Waals surface area (Å²) in [6, 6.07) is 3.28. The minimum atomic E-state index is -0.490. The molecule has 22 heavy (non-hydrogen) atoms. The van der Waals surface area contributed by atoms with Gasteiger partial charge in [-0.2, -0.15) is 0 Å². The van der Waals surface area contributed by atoms with Gasteiger partial charge in [-0.1, -0.05) is 25.9 Å². The van der Waals surface area contributed by atoms with E-state index in [1.54, 1.807) is 13.0 Å². The molecule has 0 fully saturated rings. The summed E-state index contributed by atoms with van der Waals surface area (Å²) in [5.41, 5.74) is 0.807. The molecule has 6 nitrogen and oxygen atoms in total. The molecule has 2 heterocycles. The third-order valence-electron chi connectivity index (χ3n) is 2.96. The Kier molecular flexibility index (Phi) is 4.37. The van der Waals surface area contributed by atoms with E-state index in [0.717, 1.165) is 4.88 Å². The number of carbonyl (C=O) groups excluding carboxylic acids is 2. The average molecular weight is 322 g/mol. The van der Waals surface area contributed by atoms with E-state index in [-0.39, 0.29) is 11.2 Å². The summed E-state index contributed by atoms with van der Waals surface area (Å²) in [6.45, 7) is 7.82. The van der Waals surface area contributed by atoms with Crippen molar-refractivity contribution < 1.29 is 18.8 Å². The van der Waals surface area contributed by atoms with Gasteiger partial charge in [0, 0.05) is 10.9 Å². The van der Waals surface area contributed by atoms with Gasteiger partial charge in [0.1, 0.15) is 5.00 Å².